The largest absolute Gasteiger partial charge is 0.330 e. The molecule has 1 rings (SSSR count). The number of halogens is 1. The first-order valence-corrected chi connectivity index (χ1v) is 8.55. The standard InChI is InChI=1S/C16H28BrN3O/c1-5-10-20-15(13(17)11-19-20)14(21)7-6-12(8-9-18)16(2,3)4/h11-12H,5-10,18H2,1-4H3. The lowest BCUT2D eigenvalue weighted by Crippen LogP contribution is -2.24. The molecule has 0 amide bonds. The van der Waals surface area contributed by atoms with Crippen molar-refractivity contribution in [2.75, 3.05) is 6.54 Å². The summed E-state index contributed by atoms with van der Waals surface area (Å²) >= 11 is 3.44. The third-order valence-electron chi connectivity index (χ3n) is 3.95. The lowest BCUT2D eigenvalue weighted by atomic mass is 9.76. The van der Waals surface area contributed by atoms with E-state index >= 15 is 0 Å². The van der Waals surface area contributed by atoms with Gasteiger partial charge in [-0.15, -0.1) is 0 Å². The lowest BCUT2D eigenvalue weighted by Gasteiger charge is -2.30. The zero-order valence-electron chi connectivity index (χ0n) is 13.7. The van der Waals surface area contributed by atoms with E-state index in [1.807, 2.05) is 0 Å². The average Bonchev–Trinajstić information content (AvgIpc) is 2.74. The third-order valence-corrected chi connectivity index (χ3v) is 4.53. The molecule has 0 aromatic carbocycles. The number of carbonyl (C=O) groups excluding carboxylic acids is 1. The molecule has 0 aliphatic rings. The summed E-state index contributed by atoms with van der Waals surface area (Å²) in [5.74, 6) is 0.631. The topological polar surface area (TPSA) is 60.9 Å². The Hall–Kier alpha value is -0.680. The highest BCUT2D eigenvalue weighted by Crippen LogP contribution is 2.33. The Kier molecular flexibility index (Phi) is 7.07. The van der Waals surface area contributed by atoms with Crippen molar-refractivity contribution in [3.8, 4) is 0 Å². The van der Waals surface area contributed by atoms with E-state index in [1.54, 1.807) is 10.9 Å². The smallest absolute Gasteiger partial charge is 0.182 e. The molecule has 0 aliphatic carbocycles. The van der Waals surface area contributed by atoms with Crippen LogP contribution in [0.4, 0.5) is 0 Å². The Bertz CT molecular complexity index is 463. The number of rotatable bonds is 8. The molecule has 0 aliphatic heterocycles. The zero-order valence-corrected chi connectivity index (χ0v) is 15.2. The van der Waals surface area contributed by atoms with Gasteiger partial charge < -0.3 is 5.73 Å². The molecular formula is C16H28BrN3O. The molecule has 0 bridgehead atoms. The number of Topliss-reactive ketones (excluding diaryl/α,β-unsaturated/α-hetero) is 1. The molecule has 4 nitrogen and oxygen atoms in total. The van der Waals surface area contributed by atoms with Crippen LogP contribution in [0.1, 0.15) is 63.9 Å². The Morgan fingerprint density at radius 2 is 2.10 bits per heavy atom. The van der Waals surface area contributed by atoms with Crippen molar-refractivity contribution >= 4 is 21.7 Å². The van der Waals surface area contributed by atoms with Crippen molar-refractivity contribution in [2.45, 2.75) is 59.9 Å². The van der Waals surface area contributed by atoms with Gasteiger partial charge in [-0.1, -0.05) is 27.7 Å². The highest BCUT2D eigenvalue weighted by molar-refractivity contribution is 9.10. The van der Waals surface area contributed by atoms with Gasteiger partial charge in [0.05, 0.1) is 10.7 Å². The van der Waals surface area contributed by atoms with Gasteiger partial charge in [-0.25, -0.2) is 0 Å². The Labute approximate surface area is 136 Å². The fourth-order valence-corrected chi connectivity index (χ4v) is 3.17. The molecule has 120 valence electrons. The summed E-state index contributed by atoms with van der Waals surface area (Å²) in [5.41, 5.74) is 6.60. The van der Waals surface area contributed by atoms with Crippen molar-refractivity contribution < 1.29 is 4.79 Å². The minimum absolute atomic E-state index is 0.166. The molecular weight excluding hydrogens is 330 g/mol. The maximum atomic E-state index is 12.5. The maximum Gasteiger partial charge on any atom is 0.182 e. The van der Waals surface area contributed by atoms with E-state index in [-0.39, 0.29) is 11.2 Å². The molecule has 2 N–H and O–H groups in total. The number of nitrogens with zero attached hydrogens (tertiary/aromatic N) is 2. The summed E-state index contributed by atoms with van der Waals surface area (Å²) in [6.07, 6.45) is 5.07. The molecule has 0 saturated carbocycles. The van der Waals surface area contributed by atoms with E-state index in [1.165, 1.54) is 0 Å². The van der Waals surface area contributed by atoms with Crippen molar-refractivity contribution in [1.29, 1.82) is 0 Å². The van der Waals surface area contributed by atoms with Gasteiger partial charge in [0.15, 0.2) is 5.78 Å². The number of hydrogen-bond acceptors (Lipinski definition) is 3. The first-order chi connectivity index (χ1) is 9.81. The minimum Gasteiger partial charge on any atom is -0.330 e. The lowest BCUT2D eigenvalue weighted by molar-refractivity contribution is 0.0946. The predicted octanol–water partition coefficient (Wildman–Crippen LogP) is 4.03. The number of aromatic nitrogens is 2. The SMILES string of the molecule is CCCn1ncc(Br)c1C(=O)CCC(CCN)C(C)(C)C. The van der Waals surface area contributed by atoms with Crippen LogP contribution in [-0.4, -0.2) is 22.1 Å². The van der Waals surface area contributed by atoms with E-state index in [4.69, 9.17) is 5.73 Å². The molecule has 1 unspecified atom stereocenters. The summed E-state index contributed by atoms with van der Waals surface area (Å²) in [5, 5.41) is 4.27. The van der Waals surface area contributed by atoms with Gasteiger partial charge in [0.2, 0.25) is 0 Å². The number of ketones is 1. The molecule has 0 radical (unpaired) electrons. The molecule has 1 aromatic heterocycles. The highest BCUT2D eigenvalue weighted by atomic mass is 79.9. The molecule has 21 heavy (non-hydrogen) atoms. The second-order valence-electron chi connectivity index (χ2n) is 6.67. The predicted molar refractivity (Wildman–Crippen MR) is 90.4 cm³/mol. The van der Waals surface area contributed by atoms with Gasteiger partial charge >= 0.3 is 0 Å². The van der Waals surface area contributed by atoms with Crippen LogP contribution < -0.4 is 5.73 Å². The Morgan fingerprint density at radius 1 is 1.43 bits per heavy atom. The first kappa shape index (κ1) is 18.4. The first-order valence-electron chi connectivity index (χ1n) is 7.75. The van der Waals surface area contributed by atoms with Crippen LogP contribution in [0.3, 0.4) is 0 Å². The highest BCUT2D eigenvalue weighted by Gasteiger charge is 2.25. The van der Waals surface area contributed by atoms with Gasteiger partial charge in [0.25, 0.3) is 0 Å². The van der Waals surface area contributed by atoms with Gasteiger partial charge in [-0.2, -0.15) is 5.10 Å². The summed E-state index contributed by atoms with van der Waals surface area (Å²) in [4.78, 5) is 12.5. The van der Waals surface area contributed by atoms with Crippen molar-refractivity contribution in [3.05, 3.63) is 16.4 Å². The van der Waals surface area contributed by atoms with E-state index in [0.29, 0.717) is 24.6 Å². The third kappa shape index (κ3) is 5.22. The van der Waals surface area contributed by atoms with Crippen LogP contribution in [0.25, 0.3) is 0 Å². The molecule has 0 spiro atoms. The summed E-state index contributed by atoms with van der Waals surface area (Å²) in [6.45, 7) is 10.2. The van der Waals surface area contributed by atoms with Gasteiger partial charge in [-0.05, 0) is 53.1 Å². The van der Waals surface area contributed by atoms with Crippen molar-refractivity contribution in [2.24, 2.45) is 17.1 Å². The molecule has 1 heterocycles. The second-order valence-corrected chi connectivity index (χ2v) is 7.52. The number of nitrogens with two attached hydrogens (primary N) is 1. The Balaban J connectivity index is 2.75. The van der Waals surface area contributed by atoms with Gasteiger partial charge in [-0.3, -0.25) is 9.48 Å². The fourth-order valence-electron chi connectivity index (χ4n) is 2.66. The van der Waals surface area contributed by atoms with Crippen LogP contribution >= 0.6 is 15.9 Å². The second kappa shape index (κ2) is 8.08. The minimum atomic E-state index is 0.166. The van der Waals surface area contributed by atoms with Crippen LogP contribution in [0.2, 0.25) is 0 Å². The number of carbonyl (C=O) groups is 1. The quantitative estimate of drug-likeness (QED) is 0.714. The van der Waals surface area contributed by atoms with Crippen LogP contribution in [0.5, 0.6) is 0 Å². The van der Waals surface area contributed by atoms with Crippen molar-refractivity contribution in [3.63, 3.8) is 0 Å². The average molecular weight is 358 g/mol. The van der Waals surface area contributed by atoms with E-state index < -0.39 is 0 Å². The van der Waals surface area contributed by atoms with E-state index in [0.717, 1.165) is 30.3 Å². The normalized spacial score (nSPS) is 13.4. The maximum absolute atomic E-state index is 12.5. The molecule has 5 heteroatoms. The van der Waals surface area contributed by atoms with Crippen molar-refractivity contribution in [1.82, 2.24) is 9.78 Å². The number of aryl methyl sites for hydroxylation is 1. The fraction of sp³-hybridized carbons (Fsp3) is 0.750. The van der Waals surface area contributed by atoms with Gasteiger partial charge in [0.1, 0.15) is 5.69 Å². The molecule has 1 atom stereocenters. The van der Waals surface area contributed by atoms with Crippen LogP contribution in [0.15, 0.2) is 10.7 Å². The molecule has 0 fully saturated rings. The van der Waals surface area contributed by atoms with Crippen LogP contribution in [-0.2, 0) is 6.54 Å². The molecule has 0 saturated heterocycles. The van der Waals surface area contributed by atoms with E-state index in [9.17, 15) is 4.79 Å². The summed E-state index contributed by atoms with van der Waals surface area (Å²) in [7, 11) is 0. The van der Waals surface area contributed by atoms with Crippen LogP contribution in [0, 0.1) is 11.3 Å². The number of hydrogen-bond donors (Lipinski definition) is 1. The zero-order chi connectivity index (χ0) is 16.0. The van der Waals surface area contributed by atoms with E-state index in [2.05, 4.69) is 48.7 Å². The summed E-state index contributed by atoms with van der Waals surface area (Å²) in [6, 6.07) is 0. The Morgan fingerprint density at radius 3 is 2.62 bits per heavy atom. The molecule has 1 aromatic rings. The monoisotopic (exact) mass is 357 g/mol. The summed E-state index contributed by atoms with van der Waals surface area (Å²) < 4.78 is 2.61. The van der Waals surface area contributed by atoms with Gasteiger partial charge in [0, 0.05) is 13.0 Å².